The van der Waals surface area contributed by atoms with Crippen molar-refractivity contribution in [2.45, 2.75) is 13.5 Å². The summed E-state index contributed by atoms with van der Waals surface area (Å²) in [5.74, 6) is 1.47. The van der Waals surface area contributed by atoms with Gasteiger partial charge in [0.2, 0.25) is 0 Å². The Morgan fingerprint density at radius 1 is 0.893 bits per heavy atom. The highest BCUT2D eigenvalue weighted by atomic mass is 16.5. The van der Waals surface area contributed by atoms with Crippen LogP contribution in [-0.4, -0.2) is 7.11 Å². The zero-order valence-corrected chi connectivity index (χ0v) is 15.8. The zero-order chi connectivity index (χ0) is 19.5. The number of ether oxygens (including phenoxy) is 2. The van der Waals surface area contributed by atoms with Crippen molar-refractivity contribution in [3.05, 3.63) is 94.3 Å². The molecule has 0 aliphatic rings. The van der Waals surface area contributed by atoms with Gasteiger partial charge in [0.25, 0.3) is 0 Å². The Balaban J connectivity index is 1.72. The van der Waals surface area contributed by atoms with Crippen LogP contribution in [0.3, 0.4) is 0 Å². The lowest BCUT2D eigenvalue weighted by Crippen LogP contribution is -2.06. The first-order valence-electron chi connectivity index (χ1n) is 9.04. The van der Waals surface area contributed by atoms with E-state index in [0.29, 0.717) is 17.8 Å². The summed E-state index contributed by atoms with van der Waals surface area (Å²) in [7, 11) is 1.61. The molecule has 28 heavy (non-hydrogen) atoms. The van der Waals surface area contributed by atoms with Crippen molar-refractivity contribution >= 4 is 11.0 Å². The normalized spacial score (nSPS) is 10.8. The van der Waals surface area contributed by atoms with E-state index in [1.165, 1.54) is 0 Å². The van der Waals surface area contributed by atoms with Crippen molar-refractivity contribution in [1.29, 1.82) is 0 Å². The van der Waals surface area contributed by atoms with Crippen LogP contribution < -0.4 is 15.1 Å². The summed E-state index contributed by atoms with van der Waals surface area (Å²) in [5, 5.41) is 0.857. The number of hydrogen-bond acceptors (Lipinski definition) is 4. The average molecular weight is 372 g/mol. The van der Waals surface area contributed by atoms with Crippen LogP contribution in [-0.2, 0) is 6.61 Å². The number of benzene rings is 3. The largest absolute Gasteiger partial charge is 0.497 e. The van der Waals surface area contributed by atoms with Crippen LogP contribution in [0.25, 0.3) is 22.1 Å². The van der Waals surface area contributed by atoms with Gasteiger partial charge in [-0.25, -0.2) is 4.79 Å². The second kappa shape index (κ2) is 7.61. The van der Waals surface area contributed by atoms with Crippen LogP contribution in [0.4, 0.5) is 0 Å². The number of methoxy groups -OCH3 is 1. The van der Waals surface area contributed by atoms with Crippen LogP contribution in [0.15, 0.2) is 82.0 Å². The summed E-state index contributed by atoms with van der Waals surface area (Å²) in [6.45, 7) is 2.41. The highest BCUT2D eigenvalue weighted by Crippen LogP contribution is 2.30. The van der Waals surface area contributed by atoms with Gasteiger partial charge in [0.05, 0.1) is 12.7 Å². The van der Waals surface area contributed by atoms with E-state index in [9.17, 15) is 4.79 Å². The van der Waals surface area contributed by atoms with Crippen LogP contribution in [0.1, 0.15) is 11.1 Å². The van der Waals surface area contributed by atoms with Gasteiger partial charge in [-0.3, -0.25) is 0 Å². The van der Waals surface area contributed by atoms with Crippen LogP contribution in [0, 0.1) is 6.92 Å². The maximum Gasteiger partial charge on any atom is 0.344 e. The van der Waals surface area contributed by atoms with E-state index in [2.05, 4.69) is 0 Å². The number of rotatable bonds is 5. The lowest BCUT2D eigenvalue weighted by Gasteiger charge is -2.11. The molecule has 0 N–H and O–H groups in total. The molecule has 0 amide bonds. The van der Waals surface area contributed by atoms with Crippen molar-refractivity contribution < 1.29 is 13.9 Å². The van der Waals surface area contributed by atoms with Gasteiger partial charge in [-0.1, -0.05) is 42.5 Å². The Kier molecular flexibility index (Phi) is 4.85. The first-order chi connectivity index (χ1) is 13.7. The van der Waals surface area contributed by atoms with Gasteiger partial charge in [0.15, 0.2) is 0 Å². The van der Waals surface area contributed by atoms with Gasteiger partial charge in [-0.2, -0.15) is 0 Å². The summed E-state index contributed by atoms with van der Waals surface area (Å²) in [4.78, 5) is 12.6. The molecule has 0 radical (unpaired) electrons. The first-order valence-corrected chi connectivity index (χ1v) is 9.04. The smallest absolute Gasteiger partial charge is 0.344 e. The third-order valence-corrected chi connectivity index (χ3v) is 4.76. The standard InChI is InChI=1S/C24H20O4/c1-16-21-14-20(27-15-17-6-4-3-5-7-17)12-13-22(21)28-24(25)23(16)18-8-10-19(26-2)11-9-18/h3-14H,15H2,1-2H3. The van der Waals surface area contributed by atoms with Crippen LogP contribution in [0.2, 0.25) is 0 Å². The quantitative estimate of drug-likeness (QED) is 0.443. The molecule has 4 heteroatoms. The summed E-state index contributed by atoms with van der Waals surface area (Å²) in [6, 6.07) is 22.9. The molecular weight excluding hydrogens is 352 g/mol. The molecule has 4 nitrogen and oxygen atoms in total. The lowest BCUT2D eigenvalue weighted by molar-refractivity contribution is 0.306. The second-order valence-electron chi connectivity index (χ2n) is 6.55. The molecule has 3 aromatic carbocycles. The minimum Gasteiger partial charge on any atom is -0.497 e. The van der Waals surface area contributed by atoms with Gasteiger partial charge in [0.1, 0.15) is 23.7 Å². The third-order valence-electron chi connectivity index (χ3n) is 4.76. The summed E-state index contributed by atoms with van der Waals surface area (Å²) < 4.78 is 16.7. The Hall–Kier alpha value is -3.53. The number of hydrogen-bond donors (Lipinski definition) is 0. The molecule has 0 saturated heterocycles. The molecule has 0 atom stereocenters. The molecular formula is C24H20O4. The van der Waals surface area contributed by atoms with Gasteiger partial charge < -0.3 is 13.9 Å². The Morgan fingerprint density at radius 2 is 1.61 bits per heavy atom. The molecule has 0 spiro atoms. The van der Waals surface area contributed by atoms with Crippen molar-refractivity contribution in [3.63, 3.8) is 0 Å². The Labute approximate surface area is 163 Å². The predicted molar refractivity (Wildman–Crippen MR) is 110 cm³/mol. The SMILES string of the molecule is COc1ccc(-c2c(C)c3cc(OCc4ccccc4)ccc3oc2=O)cc1. The Bertz CT molecular complexity index is 1160. The highest BCUT2D eigenvalue weighted by Gasteiger charge is 2.14. The highest BCUT2D eigenvalue weighted by molar-refractivity contribution is 5.87. The molecule has 140 valence electrons. The summed E-state index contributed by atoms with van der Waals surface area (Å²) in [5.41, 5.74) is 3.50. The van der Waals surface area contributed by atoms with Gasteiger partial charge in [-0.05, 0) is 53.9 Å². The zero-order valence-electron chi connectivity index (χ0n) is 15.8. The van der Waals surface area contributed by atoms with Crippen LogP contribution in [0.5, 0.6) is 11.5 Å². The van der Waals surface area contributed by atoms with Crippen molar-refractivity contribution in [2.75, 3.05) is 7.11 Å². The molecule has 1 aromatic heterocycles. The van der Waals surface area contributed by atoms with Gasteiger partial charge in [-0.15, -0.1) is 0 Å². The molecule has 4 aromatic rings. The van der Waals surface area contributed by atoms with Crippen molar-refractivity contribution in [3.8, 4) is 22.6 Å². The molecule has 0 bridgehead atoms. The molecule has 1 heterocycles. The maximum atomic E-state index is 12.6. The Morgan fingerprint density at radius 3 is 2.32 bits per heavy atom. The molecule has 0 aliphatic carbocycles. The van der Waals surface area contributed by atoms with E-state index in [4.69, 9.17) is 13.9 Å². The summed E-state index contributed by atoms with van der Waals surface area (Å²) >= 11 is 0. The number of aryl methyl sites for hydroxylation is 1. The van der Waals surface area contributed by atoms with E-state index in [1.807, 2.05) is 73.7 Å². The van der Waals surface area contributed by atoms with Crippen LogP contribution >= 0.6 is 0 Å². The van der Waals surface area contributed by atoms with E-state index in [-0.39, 0.29) is 5.63 Å². The first kappa shape index (κ1) is 17.9. The second-order valence-corrected chi connectivity index (χ2v) is 6.55. The predicted octanol–water partition coefficient (Wildman–Crippen LogP) is 5.36. The third kappa shape index (κ3) is 3.49. The van der Waals surface area contributed by atoms with E-state index >= 15 is 0 Å². The minimum atomic E-state index is -0.354. The van der Waals surface area contributed by atoms with E-state index in [0.717, 1.165) is 33.6 Å². The summed E-state index contributed by atoms with van der Waals surface area (Å²) in [6.07, 6.45) is 0. The fraction of sp³-hybridized carbons (Fsp3) is 0.125. The fourth-order valence-corrected chi connectivity index (χ4v) is 3.25. The van der Waals surface area contributed by atoms with E-state index in [1.54, 1.807) is 13.2 Å². The molecule has 4 rings (SSSR count). The van der Waals surface area contributed by atoms with Crippen molar-refractivity contribution in [1.82, 2.24) is 0 Å². The molecule has 0 unspecified atom stereocenters. The van der Waals surface area contributed by atoms with Gasteiger partial charge >= 0.3 is 5.63 Å². The monoisotopic (exact) mass is 372 g/mol. The lowest BCUT2D eigenvalue weighted by atomic mass is 9.99. The molecule has 0 aliphatic heterocycles. The maximum absolute atomic E-state index is 12.6. The number of fused-ring (bicyclic) bond motifs is 1. The average Bonchev–Trinajstić information content (AvgIpc) is 2.74. The van der Waals surface area contributed by atoms with Crippen molar-refractivity contribution in [2.24, 2.45) is 0 Å². The minimum absolute atomic E-state index is 0.354. The molecule has 0 saturated carbocycles. The fourth-order valence-electron chi connectivity index (χ4n) is 3.25. The van der Waals surface area contributed by atoms with Gasteiger partial charge in [0, 0.05) is 5.39 Å². The molecule has 0 fully saturated rings. The van der Waals surface area contributed by atoms with E-state index < -0.39 is 0 Å². The topological polar surface area (TPSA) is 48.7 Å².